The predicted molar refractivity (Wildman–Crippen MR) is 88.8 cm³/mol. The second-order valence-corrected chi connectivity index (χ2v) is 5.77. The Balaban J connectivity index is 2.01. The van der Waals surface area contributed by atoms with Gasteiger partial charge in [0.1, 0.15) is 11.5 Å². The van der Waals surface area contributed by atoms with Crippen LogP contribution in [0, 0.1) is 19.7 Å². The van der Waals surface area contributed by atoms with Crippen LogP contribution in [0.4, 0.5) is 4.39 Å². The van der Waals surface area contributed by atoms with Crippen LogP contribution in [0.15, 0.2) is 30.6 Å². The maximum atomic E-state index is 13.2. The number of aromatic amines is 1. The van der Waals surface area contributed by atoms with Crippen molar-refractivity contribution in [2.24, 2.45) is 7.05 Å². The molecule has 0 aliphatic rings. The van der Waals surface area contributed by atoms with Gasteiger partial charge < -0.3 is 0 Å². The Morgan fingerprint density at radius 3 is 2.75 bits per heavy atom. The number of hydrogen-bond acceptors (Lipinski definition) is 4. The molecule has 7 heteroatoms. The second-order valence-electron chi connectivity index (χ2n) is 5.77. The molecule has 0 fully saturated rings. The third-order valence-corrected chi connectivity index (χ3v) is 3.93. The molecular weight excluding hydrogens is 307 g/mol. The summed E-state index contributed by atoms with van der Waals surface area (Å²) in [4.78, 5) is 8.66. The molecule has 0 radical (unpaired) electrons. The average Bonchev–Trinajstić information content (AvgIpc) is 3.11. The Hall–Kier alpha value is -3.09. The fourth-order valence-corrected chi connectivity index (χ4v) is 2.92. The number of H-pyrrole nitrogens is 1. The van der Waals surface area contributed by atoms with Crippen LogP contribution < -0.4 is 0 Å². The highest BCUT2D eigenvalue weighted by Crippen LogP contribution is 2.35. The molecule has 0 spiro atoms. The van der Waals surface area contributed by atoms with Gasteiger partial charge in [-0.15, -0.1) is 0 Å². The van der Waals surface area contributed by atoms with Crippen LogP contribution >= 0.6 is 0 Å². The first kappa shape index (κ1) is 14.5. The summed E-state index contributed by atoms with van der Waals surface area (Å²) in [6, 6.07) is 5.03. The van der Waals surface area contributed by atoms with Crippen molar-refractivity contribution < 1.29 is 4.39 Å². The highest BCUT2D eigenvalue weighted by molar-refractivity contribution is 5.98. The lowest BCUT2D eigenvalue weighted by molar-refractivity contribution is 0.621. The van der Waals surface area contributed by atoms with E-state index in [0.29, 0.717) is 11.4 Å². The number of aryl methyl sites for hydroxylation is 3. The summed E-state index contributed by atoms with van der Waals surface area (Å²) in [5.41, 5.74) is 5.71. The number of nitrogens with one attached hydrogen (secondary N) is 1. The molecule has 4 heterocycles. The molecule has 0 unspecified atom stereocenters. The topological polar surface area (TPSA) is 72.3 Å². The van der Waals surface area contributed by atoms with E-state index >= 15 is 0 Å². The maximum Gasteiger partial charge on any atom is 0.156 e. The summed E-state index contributed by atoms with van der Waals surface area (Å²) in [6.45, 7) is 3.87. The van der Waals surface area contributed by atoms with Crippen molar-refractivity contribution >= 4 is 11.0 Å². The van der Waals surface area contributed by atoms with E-state index in [1.165, 1.54) is 12.3 Å². The van der Waals surface area contributed by atoms with Gasteiger partial charge in [0.25, 0.3) is 0 Å². The van der Waals surface area contributed by atoms with Crippen molar-refractivity contribution in [2.75, 3.05) is 0 Å². The lowest BCUT2D eigenvalue weighted by Gasteiger charge is -2.06. The number of pyridine rings is 2. The summed E-state index contributed by atoms with van der Waals surface area (Å²) in [5.74, 6) is -0.371. The molecular formula is C17H15FN6. The van der Waals surface area contributed by atoms with Crippen molar-refractivity contribution in [1.82, 2.24) is 29.9 Å². The lowest BCUT2D eigenvalue weighted by atomic mass is 10.0. The summed E-state index contributed by atoms with van der Waals surface area (Å²) < 4.78 is 14.9. The SMILES string of the molecule is Cc1cc(-c2cn(C)nc2-c2ccc(F)cn2)c2c(C)n[nH]c2n1. The zero-order valence-electron chi connectivity index (χ0n) is 13.5. The number of aromatic nitrogens is 6. The molecule has 6 nitrogen and oxygen atoms in total. The van der Waals surface area contributed by atoms with Crippen molar-refractivity contribution in [3.05, 3.63) is 47.8 Å². The van der Waals surface area contributed by atoms with E-state index in [2.05, 4.69) is 25.3 Å². The van der Waals surface area contributed by atoms with Crippen molar-refractivity contribution in [3.63, 3.8) is 0 Å². The quantitative estimate of drug-likeness (QED) is 0.615. The highest BCUT2D eigenvalue weighted by Gasteiger charge is 2.18. The van der Waals surface area contributed by atoms with Crippen LogP contribution in [0.5, 0.6) is 0 Å². The van der Waals surface area contributed by atoms with Crippen LogP contribution in [0.1, 0.15) is 11.4 Å². The molecule has 0 bridgehead atoms. The van der Waals surface area contributed by atoms with Crippen LogP contribution in [-0.2, 0) is 7.05 Å². The van der Waals surface area contributed by atoms with E-state index in [0.717, 1.165) is 33.5 Å². The number of rotatable bonds is 2. The summed E-state index contributed by atoms with van der Waals surface area (Å²) in [6.07, 6.45) is 3.13. The molecule has 0 saturated heterocycles. The van der Waals surface area contributed by atoms with Gasteiger partial charge in [-0.05, 0) is 32.0 Å². The molecule has 1 N–H and O–H groups in total. The number of nitrogens with zero attached hydrogens (tertiary/aromatic N) is 5. The zero-order chi connectivity index (χ0) is 16.8. The molecule has 0 aliphatic carbocycles. The second kappa shape index (κ2) is 5.23. The van der Waals surface area contributed by atoms with Gasteiger partial charge in [-0.1, -0.05) is 0 Å². The van der Waals surface area contributed by atoms with Gasteiger partial charge in [-0.25, -0.2) is 9.37 Å². The van der Waals surface area contributed by atoms with E-state index < -0.39 is 0 Å². The Morgan fingerprint density at radius 2 is 2.00 bits per heavy atom. The summed E-state index contributed by atoms with van der Waals surface area (Å²) in [5, 5.41) is 12.7. The fourth-order valence-electron chi connectivity index (χ4n) is 2.92. The van der Waals surface area contributed by atoms with Crippen molar-refractivity contribution in [1.29, 1.82) is 0 Å². The Morgan fingerprint density at radius 1 is 1.17 bits per heavy atom. The molecule has 4 rings (SSSR count). The third-order valence-electron chi connectivity index (χ3n) is 3.93. The fraction of sp³-hybridized carbons (Fsp3) is 0.176. The average molecular weight is 322 g/mol. The van der Waals surface area contributed by atoms with Gasteiger partial charge in [0.15, 0.2) is 5.65 Å². The molecule has 0 amide bonds. The molecule has 120 valence electrons. The minimum Gasteiger partial charge on any atom is -0.274 e. The summed E-state index contributed by atoms with van der Waals surface area (Å²) in [7, 11) is 1.85. The minimum atomic E-state index is -0.371. The normalized spacial score (nSPS) is 11.3. The zero-order valence-corrected chi connectivity index (χ0v) is 13.5. The number of hydrogen-bond donors (Lipinski definition) is 1. The Kier molecular flexibility index (Phi) is 3.16. The predicted octanol–water partition coefficient (Wildman–Crippen LogP) is 3.18. The molecule has 0 saturated carbocycles. The van der Waals surface area contributed by atoms with Gasteiger partial charge in [-0.3, -0.25) is 14.8 Å². The first-order chi connectivity index (χ1) is 11.5. The van der Waals surface area contributed by atoms with E-state index in [-0.39, 0.29) is 5.82 Å². The van der Waals surface area contributed by atoms with Crippen molar-refractivity contribution in [2.45, 2.75) is 13.8 Å². The molecule has 4 aromatic rings. The standard InChI is InChI=1S/C17H15FN6/c1-9-6-12(15-10(2)21-22-17(15)20-9)13-8-24(3)23-16(13)14-5-4-11(18)7-19-14/h4-8H,1-3H3,(H,20,21,22). The monoisotopic (exact) mass is 322 g/mol. The largest absolute Gasteiger partial charge is 0.274 e. The van der Waals surface area contributed by atoms with Gasteiger partial charge >= 0.3 is 0 Å². The molecule has 24 heavy (non-hydrogen) atoms. The van der Waals surface area contributed by atoms with Gasteiger partial charge in [0, 0.05) is 35.5 Å². The number of halogens is 1. The van der Waals surface area contributed by atoms with E-state index in [1.54, 1.807) is 10.7 Å². The first-order valence-electron chi connectivity index (χ1n) is 7.51. The van der Waals surface area contributed by atoms with Crippen LogP contribution in [0.2, 0.25) is 0 Å². The van der Waals surface area contributed by atoms with E-state index in [4.69, 9.17) is 0 Å². The number of fused-ring (bicyclic) bond motifs is 1. The smallest absolute Gasteiger partial charge is 0.156 e. The van der Waals surface area contributed by atoms with E-state index in [9.17, 15) is 4.39 Å². The van der Waals surface area contributed by atoms with E-state index in [1.807, 2.05) is 33.2 Å². The van der Waals surface area contributed by atoms with Gasteiger partial charge in [0.05, 0.1) is 17.6 Å². The van der Waals surface area contributed by atoms with Gasteiger partial charge in [-0.2, -0.15) is 10.2 Å². The molecule has 0 atom stereocenters. The summed E-state index contributed by atoms with van der Waals surface area (Å²) >= 11 is 0. The lowest BCUT2D eigenvalue weighted by Crippen LogP contribution is -1.91. The van der Waals surface area contributed by atoms with Crippen molar-refractivity contribution in [3.8, 4) is 22.5 Å². The van der Waals surface area contributed by atoms with Crippen LogP contribution in [-0.4, -0.2) is 29.9 Å². The molecule has 4 aromatic heterocycles. The Labute approximate surface area is 137 Å². The molecule has 0 aromatic carbocycles. The maximum absolute atomic E-state index is 13.2. The van der Waals surface area contributed by atoms with Crippen LogP contribution in [0.3, 0.4) is 0 Å². The van der Waals surface area contributed by atoms with Gasteiger partial charge in [0.2, 0.25) is 0 Å². The first-order valence-corrected chi connectivity index (χ1v) is 7.51. The van der Waals surface area contributed by atoms with Crippen LogP contribution in [0.25, 0.3) is 33.5 Å². The molecule has 0 aliphatic heterocycles. The third kappa shape index (κ3) is 2.25. The highest BCUT2D eigenvalue weighted by atomic mass is 19.1. The Bertz CT molecular complexity index is 1050. The minimum absolute atomic E-state index is 0.371.